The Morgan fingerprint density at radius 1 is 1.12 bits per heavy atom. The third kappa shape index (κ3) is 3.81. The number of hydrogen-bond donors (Lipinski definition) is 3. The molecule has 5 N–H and O–H groups in total. The third-order valence-electron chi connectivity index (χ3n) is 4.15. The highest BCUT2D eigenvalue weighted by Gasteiger charge is 2.23. The number of hydrogen-bond acceptors (Lipinski definition) is 5. The molecule has 5 nitrogen and oxygen atoms in total. The molecular weight excluding hydrogens is 302 g/mol. The van der Waals surface area contributed by atoms with E-state index in [1.807, 2.05) is 36.4 Å². The molecule has 3 rings (SSSR count). The maximum absolute atomic E-state index is 6.11. The molecule has 1 aliphatic heterocycles. The second-order valence-corrected chi connectivity index (χ2v) is 5.97. The summed E-state index contributed by atoms with van der Waals surface area (Å²) < 4.78 is 10.8. The third-order valence-corrected chi connectivity index (χ3v) is 4.15. The molecule has 0 saturated heterocycles. The van der Waals surface area contributed by atoms with Crippen molar-refractivity contribution in [2.24, 2.45) is 0 Å². The maximum atomic E-state index is 6.11. The van der Waals surface area contributed by atoms with E-state index >= 15 is 0 Å². The Bertz CT molecular complexity index is 716. The van der Waals surface area contributed by atoms with Gasteiger partial charge in [-0.1, -0.05) is 30.3 Å². The van der Waals surface area contributed by atoms with Crippen LogP contribution in [0.25, 0.3) is 0 Å². The molecular formula is C19H23N3O2. The Morgan fingerprint density at radius 3 is 2.62 bits per heavy atom. The minimum atomic E-state index is -0.00858. The zero-order valence-corrected chi connectivity index (χ0v) is 13.7. The Kier molecular flexibility index (Phi) is 4.91. The van der Waals surface area contributed by atoms with E-state index in [-0.39, 0.29) is 18.9 Å². The van der Waals surface area contributed by atoms with Gasteiger partial charge in [0.15, 0.2) is 5.76 Å². The summed E-state index contributed by atoms with van der Waals surface area (Å²) in [7, 11) is 0. The van der Waals surface area contributed by atoms with Gasteiger partial charge in [0.05, 0.1) is 6.04 Å². The van der Waals surface area contributed by atoms with Crippen LogP contribution < -0.4 is 16.8 Å². The minimum Gasteiger partial charge on any atom is -0.462 e. The van der Waals surface area contributed by atoms with Crippen LogP contribution in [0.2, 0.25) is 0 Å². The van der Waals surface area contributed by atoms with Crippen LogP contribution in [-0.4, -0.2) is 12.8 Å². The maximum Gasteiger partial charge on any atom is 0.229 e. The van der Waals surface area contributed by atoms with Crippen LogP contribution in [0.3, 0.4) is 0 Å². The van der Waals surface area contributed by atoms with E-state index in [1.165, 1.54) is 5.56 Å². The Hall–Kier alpha value is -2.66. The molecule has 2 atom stereocenters. The van der Waals surface area contributed by atoms with Crippen LogP contribution in [0.4, 0.5) is 11.4 Å². The Morgan fingerprint density at radius 2 is 1.92 bits per heavy atom. The van der Waals surface area contributed by atoms with Gasteiger partial charge >= 0.3 is 0 Å². The lowest BCUT2D eigenvalue weighted by Gasteiger charge is -2.24. The fourth-order valence-electron chi connectivity index (χ4n) is 2.89. The predicted octanol–water partition coefficient (Wildman–Crippen LogP) is 2.96. The Labute approximate surface area is 142 Å². The first kappa shape index (κ1) is 16.2. The molecule has 2 unspecified atom stereocenters. The van der Waals surface area contributed by atoms with Crippen LogP contribution in [-0.2, 0) is 15.9 Å². The van der Waals surface area contributed by atoms with Crippen molar-refractivity contribution in [1.82, 2.24) is 5.32 Å². The average molecular weight is 325 g/mol. The first-order valence-corrected chi connectivity index (χ1v) is 8.03. The molecule has 5 heteroatoms. The lowest BCUT2D eigenvalue weighted by Crippen LogP contribution is -2.35. The molecule has 126 valence electrons. The van der Waals surface area contributed by atoms with Crippen LogP contribution in [0, 0.1) is 0 Å². The quantitative estimate of drug-likeness (QED) is 0.711. The first-order chi connectivity index (χ1) is 11.6. The second kappa shape index (κ2) is 7.27. The van der Waals surface area contributed by atoms with Crippen LogP contribution >= 0.6 is 0 Å². The number of anilines is 2. The minimum absolute atomic E-state index is 0.00858. The standard InChI is InChI=1S/C19H23N3O2/c1-13(16-10-15(20)7-8-17(16)21)22-18(19-11-23-12-24-19)9-14-5-3-2-4-6-14/h2-8,10-11,13,18,22H,9,12,20-21H2,1H3. The van der Waals surface area contributed by atoms with E-state index in [0.717, 1.165) is 23.4 Å². The lowest BCUT2D eigenvalue weighted by atomic mass is 10.0. The molecule has 0 aromatic heterocycles. The van der Waals surface area contributed by atoms with Gasteiger partial charge in [0, 0.05) is 17.4 Å². The molecule has 0 saturated carbocycles. The fraction of sp³-hybridized carbons (Fsp3) is 0.263. The topological polar surface area (TPSA) is 82.5 Å². The van der Waals surface area contributed by atoms with Crippen molar-refractivity contribution in [2.45, 2.75) is 25.4 Å². The molecule has 2 aromatic carbocycles. The van der Waals surface area contributed by atoms with E-state index in [4.69, 9.17) is 20.9 Å². The summed E-state index contributed by atoms with van der Waals surface area (Å²) in [6, 6.07) is 15.8. The molecule has 0 fully saturated rings. The summed E-state index contributed by atoms with van der Waals surface area (Å²) >= 11 is 0. The zero-order valence-electron chi connectivity index (χ0n) is 13.7. The summed E-state index contributed by atoms with van der Waals surface area (Å²) in [6.45, 7) is 2.33. The number of nitrogens with two attached hydrogens (primary N) is 2. The first-order valence-electron chi connectivity index (χ1n) is 8.03. The summed E-state index contributed by atoms with van der Waals surface area (Å²) in [5, 5.41) is 3.58. The van der Waals surface area contributed by atoms with Crippen molar-refractivity contribution < 1.29 is 9.47 Å². The van der Waals surface area contributed by atoms with E-state index in [9.17, 15) is 0 Å². The van der Waals surface area contributed by atoms with Crippen LogP contribution in [0.5, 0.6) is 0 Å². The van der Waals surface area contributed by atoms with Gasteiger partial charge in [0.2, 0.25) is 6.79 Å². The number of nitrogens with one attached hydrogen (secondary N) is 1. The molecule has 24 heavy (non-hydrogen) atoms. The Balaban J connectivity index is 1.79. The van der Waals surface area contributed by atoms with Crippen molar-refractivity contribution >= 4 is 11.4 Å². The van der Waals surface area contributed by atoms with Crippen LogP contribution in [0.1, 0.15) is 24.1 Å². The van der Waals surface area contributed by atoms with Gasteiger partial charge in [-0.15, -0.1) is 0 Å². The molecule has 0 spiro atoms. The van der Waals surface area contributed by atoms with E-state index in [1.54, 1.807) is 6.26 Å². The number of ether oxygens (including phenoxy) is 2. The second-order valence-electron chi connectivity index (χ2n) is 5.97. The molecule has 0 aliphatic carbocycles. The van der Waals surface area contributed by atoms with Crippen molar-refractivity contribution in [1.29, 1.82) is 0 Å². The monoisotopic (exact) mass is 325 g/mol. The molecule has 0 radical (unpaired) electrons. The van der Waals surface area contributed by atoms with Crippen molar-refractivity contribution in [2.75, 3.05) is 18.3 Å². The fourth-order valence-corrected chi connectivity index (χ4v) is 2.89. The molecule has 1 aliphatic rings. The molecule has 2 aromatic rings. The summed E-state index contributed by atoms with van der Waals surface area (Å²) in [6.07, 6.45) is 2.47. The highest BCUT2D eigenvalue weighted by molar-refractivity contribution is 5.56. The van der Waals surface area contributed by atoms with Gasteiger partial charge in [-0.25, -0.2) is 0 Å². The summed E-state index contributed by atoms with van der Waals surface area (Å²) in [4.78, 5) is 0. The van der Waals surface area contributed by atoms with E-state index in [0.29, 0.717) is 5.69 Å². The number of nitrogen functional groups attached to an aromatic ring is 2. The highest BCUT2D eigenvalue weighted by Crippen LogP contribution is 2.25. The van der Waals surface area contributed by atoms with E-state index in [2.05, 4.69) is 24.4 Å². The summed E-state index contributed by atoms with van der Waals surface area (Å²) in [5.74, 6) is 0.799. The van der Waals surface area contributed by atoms with Gasteiger partial charge in [-0.2, -0.15) is 0 Å². The van der Waals surface area contributed by atoms with Gasteiger partial charge in [0.1, 0.15) is 6.26 Å². The SMILES string of the molecule is CC(NC(Cc1ccccc1)C1=COCO1)c1cc(N)ccc1N. The van der Waals surface area contributed by atoms with Gasteiger partial charge in [0.25, 0.3) is 0 Å². The van der Waals surface area contributed by atoms with Crippen molar-refractivity contribution in [3.05, 3.63) is 71.7 Å². The largest absolute Gasteiger partial charge is 0.462 e. The average Bonchev–Trinajstić information content (AvgIpc) is 3.12. The van der Waals surface area contributed by atoms with Crippen molar-refractivity contribution in [3.63, 3.8) is 0 Å². The predicted molar refractivity (Wildman–Crippen MR) is 95.9 cm³/mol. The van der Waals surface area contributed by atoms with Crippen molar-refractivity contribution in [3.8, 4) is 0 Å². The van der Waals surface area contributed by atoms with Gasteiger partial charge < -0.3 is 26.3 Å². The van der Waals surface area contributed by atoms with Gasteiger partial charge in [-0.3, -0.25) is 0 Å². The highest BCUT2D eigenvalue weighted by atomic mass is 16.7. The smallest absolute Gasteiger partial charge is 0.229 e. The summed E-state index contributed by atoms with van der Waals surface area (Å²) in [5.41, 5.74) is 15.6. The lowest BCUT2D eigenvalue weighted by molar-refractivity contribution is 0.0727. The van der Waals surface area contributed by atoms with Crippen LogP contribution in [0.15, 0.2) is 60.6 Å². The normalized spacial score (nSPS) is 16.0. The molecule has 0 bridgehead atoms. The van der Waals surface area contributed by atoms with E-state index < -0.39 is 0 Å². The zero-order chi connectivity index (χ0) is 16.9. The van der Waals surface area contributed by atoms with Gasteiger partial charge in [-0.05, 0) is 42.7 Å². The molecule has 1 heterocycles. The molecule has 0 amide bonds. The number of benzene rings is 2. The number of rotatable bonds is 6.